The number of amides is 1. The number of rotatable bonds is 11. The molecule has 1 amide bonds. The molecule has 1 aliphatic heterocycles. The van der Waals surface area contributed by atoms with Crippen LogP contribution in [0.2, 0.25) is 0 Å². The molecule has 3 rings (SSSR count). The molecule has 0 fully saturated rings. The largest absolute Gasteiger partial charge is 0.503 e. The van der Waals surface area contributed by atoms with E-state index in [0.717, 1.165) is 5.56 Å². The Labute approximate surface area is 187 Å². The Bertz CT molecular complexity index is 981. The van der Waals surface area contributed by atoms with Crippen molar-refractivity contribution in [2.24, 2.45) is 0 Å². The highest BCUT2D eigenvalue weighted by atomic mass is 16.5. The van der Waals surface area contributed by atoms with Crippen LogP contribution in [-0.4, -0.2) is 59.8 Å². The number of hydrogen-bond acceptors (Lipinski definition) is 6. The Balaban J connectivity index is 1.91. The van der Waals surface area contributed by atoms with E-state index < -0.39 is 23.5 Å². The quantitative estimate of drug-likeness (QED) is 0.414. The first-order valence-corrected chi connectivity index (χ1v) is 10.5. The van der Waals surface area contributed by atoms with Crippen molar-refractivity contribution in [1.29, 1.82) is 0 Å². The number of nitrogens with zero attached hydrogens (tertiary/aromatic N) is 1. The molecule has 1 heterocycles. The molecule has 1 aliphatic rings. The van der Waals surface area contributed by atoms with Crippen LogP contribution in [0, 0.1) is 0 Å². The molecule has 168 valence electrons. The van der Waals surface area contributed by atoms with Gasteiger partial charge in [0.25, 0.3) is 5.91 Å². The van der Waals surface area contributed by atoms with Crippen LogP contribution >= 0.6 is 0 Å². The minimum absolute atomic E-state index is 0.0218. The van der Waals surface area contributed by atoms with E-state index in [0.29, 0.717) is 17.9 Å². The summed E-state index contributed by atoms with van der Waals surface area (Å²) in [5.41, 5.74) is 1.52. The monoisotopic (exact) mass is 437 g/mol. The number of hydrogen-bond donors (Lipinski definition) is 2. The van der Waals surface area contributed by atoms with Crippen LogP contribution in [0.4, 0.5) is 0 Å². The standard InChI is InChI=1S/C25H27NO6/c1-2-32-20-11-9-19(10-12-20)23-22(21(28)13-8-18-6-4-3-5-7-18)24(29)25(30)26(23)14-16-31-17-15-27/h3-13,23,27,29H,2,14-17H2,1H3. The van der Waals surface area contributed by atoms with Gasteiger partial charge in [-0.1, -0.05) is 48.5 Å². The van der Waals surface area contributed by atoms with Gasteiger partial charge < -0.3 is 24.6 Å². The summed E-state index contributed by atoms with van der Waals surface area (Å²) in [5.74, 6) is -0.970. The van der Waals surface area contributed by atoms with Crippen LogP contribution in [0.1, 0.15) is 24.1 Å². The lowest BCUT2D eigenvalue weighted by Gasteiger charge is -2.26. The highest BCUT2D eigenvalue weighted by Gasteiger charge is 2.42. The van der Waals surface area contributed by atoms with Crippen molar-refractivity contribution in [1.82, 2.24) is 4.90 Å². The third kappa shape index (κ3) is 5.43. The van der Waals surface area contributed by atoms with Gasteiger partial charge in [0.05, 0.1) is 38.0 Å². The molecule has 0 aliphatic carbocycles. The fourth-order valence-corrected chi connectivity index (χ4v) is 3.55. The highest BCUT2D eigenvalue weighted by Crippen LogP contribution is 2.38. The van der Waals surface area contributed by atoms with Crippen molar-refractivity contribution in [2.45, 2.75) is 13.0 Å². The van der Waals surface area contributed by atoms with E-state index in [4.69, 9.17) is 14.6 Å². The van der Waals surface area contributed by atoms with E-state index >= 15 is 0 Å². The van der Waals surface area contributed by atoms with Crippen molar-refractivity contribution >= 4 is 17.8 Å². The maximum absolute atomic E-state index is 13.1. The maximum Gasteiger partial charge on any atom is 0.290 e. The summed E-state index contributed by atoms with van der Waals surface area (Å²) in [5, 5.41) is 19.5. The predicted molar refractivity (Wildman–Crippen MR) is 120 cm³/mol. The number of ketones is 1. The average Bonchev–Trinajstić information content (AvgIpc) is 3.07. The summed E-state index contributed by atoms with van der Waals surface area (Å²) in [6, 6.07) is 15.6. The zero-order chi connectivity index (χ0) is 22.9. The van der Waals surface area contributed by atoms with Crippen LogP contribution in [0.5, 0.6) is 5.75 Å². The zero-order valence-corrected chi connectivity index (χ0v) is 17.9. The number of ether oxygens (including phenoxy) is 2. The lowest BCUT2D eigenvalue weighted by molar-refractivity contribution is -0.130. The summed E-state index contributed by atoms with van der Waals surface area (Å²) in [6.45, 7) is 2.72. The Morgan fingerprint density at radius 1 is 1.09 bits per heavy atom. The van der Waals surface area contributed by atoms with Crippen molar-refractivity contribution in [3.63, 3.8) is 0 Å². The predicted octanol–water partition coefficient (Wildman–Crippen LogP) is 3.07. The summed E-state index contributed by atoms with van der Waals surface area (Å²) in [6.07, 6.45) is 3.01. The number of carbonyl (C=O) groups is 2. The van der Waals surface area contributed by atoms with Gasteiger partial charge in [0, 0.05) is 6.54 Å². The first kappa shape index (κ1) is 23.2. The second-order valence-corrected chi connectivity index (χ2v) is 7.11. The maximum atomic E-state index is 13.1. The second kappa shape index (κ2) is 11.3. The molecule has 0 aromatic heterocycles. The van der Waals surface area contributed by atoms with Crippen molar-refractivity contribution in [3.05, 3.63) is 83.1 Å². The highest BCUT2D eigenvalue weighted by molar-refractivity contribution is 6.14. The molecule has 0 saturated carbocycles. The topological polar surface area (TPSA) is 96.3 Å². The molecular formula is C25H27NO6. The molecule has 1 unspecified atom stereocenters. The van der Waals surface area contributed by atoms with Gasteiger partial charge in [0.1, 0.15) is 5.75 Å². The lowest BCUT2D eigenvalue weighted by Crippen LogP contribution is -2.34. The summed E-state index contributed by atoms with van der Waals surface area (Å²) in [4.78, 5) is 27.3. The van der Waals surface area contributed by atoms with Gasteiger partial charge in [-0.05, 0) is 36.3 Å². The summed E-state index contributed by atoms with van der Waals surface area (Å²) < 4.78 is 10.8. The van der Waals surface area contributed by atoms with E-state index in [9.17, 15) is 14.7 Å². The normalized spacial score (nSPS) is 16.2. The Morgan fingerprint density at radius 2 is 1.81 bits per heavy atom. The molecule has 0 spiro atoms. The van der Waals surface area contributed by atoms with E-state index in [1.54, 1.807) is 30.3 Å². The van der Waals surface area contributed by atoms with Crippen LogP contribution in [0.25, 0.3) is 6.08 Å². The minimum atomic E-state index is -0.760. The molecule has 0 radical (unpaired) electrons. The number of allylic oxidation sites excluding steroid dienone is 1. The molecule has 32 heavy (non-hydrogen) atoms. The van der Waals surface area contributed by atoms with Crippen LogP contribution < -0.4 is 4.74 Å². The SMILES string of the molecule is CCOc1ccc(C2C(C(=O)C=Cc3ccccc3)=C(O)C(=O)N2CCOCCO)cc1. The van der Waals surface area contributed by atoms with Crippen molar-refractivity contribution < 1.29 is 29.3 Å². The third-order valence-electron chi connectivity index (χ3n) is 5.01. The van der Waals surface area contributed by atoms with E-state index in [1.165, 1.54) is 11.0 Å². The smallest absolute Gasteiger partial charge is 0.290 e. The number of aliphatic hydroxyl groups excluding tert-OH is 2. The summed E-state index contributed by atoms with van der Waals surface area (Å²) >= 11 is 0. The number of aliphatic hydroxyl groups is 2. The molecule has 1 atom stereocenters. The van der Waals surface area contributed by atoms with E-state index in [-0.39, 0.29) is 31.9 Å². The van der Waals surface area contributed by atoms with Gasteiger partial charge in [-0.25, -0.2) is 0 Å². The molecular weight excluding hydrogens is 410 g/mol. The molecule has 2 aromatic carbocycles. The fourth-order valence-electron chi connectivity index (χ4n) is 3.55. The molecule has 2 N–H and O–H groups in total. The Hall–Kier alpha value is -3.42. The molecule has 7 heteroatoms. The molecule has 0 bridgehead atoms. The Morgan fingerprint density at radius 3 is 2.47 bits per heavy atom. The van der Waals surface area contributed by atoms with Crippen molar-refractivity contribution in [2.75, 3.05) is 33.0 Å². The fraction of sp³-hybridized carbons (Fsp3) is 0.280. The number of carbonyl (C=O) groups excluding carboxylic acids is 2. The van der Waals surface area contributed by atoms with Crippen LogP contribution in [-0.2, 0) is 14.3 Å². The molecule has 2 aromatic rings. The van der Waals surface area contributed by atoms with Gasteiger partial charge in [-0.15, -0.1) is 0 Å². The molecule has 0 saturated heterocycles. The van der Waals surface area contributed by atoms with Gasteiger partial charge in [0.2, 0.25) is 0 Å². The minimum Gasteiger partial charge on any atom is -0.503 e. The van der Waals surface area contributed by atoms with Crippen molar-refractivity contribution in [3.8, 4) is 5.75 Å². The number of benzene rings is 2. The van der Waals surface area contributed by atoms with Crippen LogP contribution in [0.3, 0.4) is 0 Å². The van der Waals surface area contributed by atoms with Gasteiger partial charge in [0.15, 0.2) is 11.5 Å². The lowest BCUT2D eigenvalue weighted by atomic mass is 9.95. The van der Waals surface area contributed by atoms with Crippen LogP contribution in [0.15, 0.2) is 72.0 Å². The summed E-state index contributed by atoms with van der Waals surface area (Å²) in [7, 11) is 0. The van der Waals surface area contributed by atoms with Gasteiger partial charge in [-0.3, -0.25) is 9.59 Å². The van der Waals surface area contributed by atoms with E-state index in [1.807, 2.05) is 37.3 Å². The van der Waals surface area contributed by atoms with E-state index in [2.05, 4.69) is 0 Å². The first-order chi connectivity index (χ1) is 15.6. The third-order valence-corrected chi connectivity index (χ3v) is 5.01. The second-order valence-electron chi connectivity index (χ2n) is 7.11. The zero-order valence-electron chi connectivity index (χ0n) is 17.9. The molecule has 7 nitrogen and oxygen atoms in total. The van der Waals surface area contributed by atoms with Gasteiger partial charge in [-0.2, -0.15) is 0 Å². The average molecular weight is 437 g/mol. The van der Waals surface area contributed by atoms with Gasteiger partial charge >= 0.3 is 0 Å². The first-order valence-electron chi connectivity index (χ1n) is 10.5. The Kier molecular flexibility index (Phi) is 8.19.